The maximum Gasteiger partial charge on any atom is 0.314 e. The fraction of sp³-hybridized carbons (Fsp3) is 1.00. The highest BCUT2D eigenvalue weighted by Crippen LogP contribution is 2.29. The van der Waals surface area contributed by atoms with Gasteiger partial charge < -0.3 is 32.9 Å². The van der Waals surface area contributed by atoms with Crippen molar-refractivity contribution in [2.75, 3.05) is 0 Å². The van der Waals surface area contributed by atoms with Gasteiger partial charge in [0.25, 0.3) is 0 Å². The molecule has 0 radical (unpaired) electrons. The molecule has 35 heavy (non-hydrogen) atoms. The fourth-order valence-corrected chi connectivity index (χ4v) is 45.9. The Balaban J connectivity index is 5.30. The van der Waals surface area contributed by atoms with Crippen LogP contribution in [0.2, 0.25) is 118 Å². The summed E-state index contributed by atoms with van der Waals surface area (Å²) in [5, 5.41) is 0. The minimum atomic E-state index is -2.56. The highest BCUT2D eigenvalue weighted by atomic mass is 28.5. The van der Waals surface area contributed by atoms with Crippen molar-refractivity contribution in [2.24, 2.45) is 0 Å². The highest BCUT2D eigenvalue weighted by molar-refractivity contribution is 6.92. The molecule has 8 nitrogen and oxygen atoms in total. The molecule has 0 bridgehead atoms. The Kier molecular flexibility index (Phi) is 13.0. The van der Waals surface area contributed by atoms with E-state index in [2.05, 4.69) is 118 Å². The topological polar surface area (TPSA) is 73.8 Å². The Morgan fingerprint density at radius 1 is 0.314 bits per heavy atom. The van der Waals surface area contributed by atoms with Crippen LogP contribution in [-0.2, 0) is 32.9 Å². The number of hydrogen-bond acceptors (Lipinski definition) is 8. The van der Waals surface area contributed by atoms with E-state index in [-0.39, 0.29) is 0 Å². The van der Waals surface area contributed by atoms with Crippen molar-refractivity contribution >= 4 is 78.0 Å². The molecule has 0 aliphatic rings. The van der Waals surface area contributed by atoms with Gasteiger partial charge in [-0.3, -0.25) is 0 Å². The molecule has 0 atom stereocenters. The van der Waals surface area contributed by atoms with E-state index in [1.54, 1.807) is 0 Å². The summed E-state index contributed by atoms with van der Waals surface area (Å²) >= 11 is 0. The Hall–Kier alpha value is 1.63. The monoisotopic (exact) mass is 652 g/mol. The molecule has 212 valence electrons. The van der Waals surface area contributed by atoms with Crippen LogP contribution in [0.4, 0.5) is 0 Å². The molecule has 0 N–H and O–H groups in total. The zero-order valence-corrected chi connectivity index (χ0v) is 35.4. The lowest BCUT2D eigenvalue weighted by Gasteiger charge is -2.44. The summed E-state index contributed by atoms with van der Waals surface area (Å²) in [7, 11) is -19.3. The van der Waals surface area contributed by atoms with Crippen molar-refractivity contribution in [1.82, 2.24) is 0 Å². The molecular formula is C18H56O8Si9. The molecule has 0 saturated carbocycles. The van der Waals surface area contributed by atoms with Gasteiger partial charge in [-0.1, -0.05) is 6.55 Å². The van der Waals surface area contributed by atoms with Gasteiger partial charge in [0, 0.05) is 0 Å². The Morgan fingerprint density at radius 3 is 0.714 bits per heavy atom. The molecule has 0 fully saturated rings. The fourth-order valence-electron chi connectivity index (χ4n) is 4.79. The summed E-state index contributed by atoms with van der Waals surface area (Å²) in [5.74, 6) is 0. The maximum absolute atomic E-state index is 6.66. The number of rotatable bonds is 16. The van der Waals surface area contributed by atoms with E-state index >= 15 is 0 Å². The largest absolute Gasteiger partial charge is 0.442 e. The van der Waals surface area contributed by atoms with Crippen LogP contribution in [0.5, 0.6) is 0 Å². The highest BCUT2D eigenvalue weighted by Gasteiger charge is 2.49. The molecular weight excluding hydrogens is 597 g/mol. The standard InChI is InChI=1S/C18H56O8Si9/c1-27-19-29(5,6)21-31(9,10)23-33(13,14)25-35(17,18)26-34(15,16)24-32(11,12)22-30(7,8)20-28(2,3)4/h27H2,1-18H3. The Bertz CT molecular complexity index is 679. The van der Waals surface area contributed by atoms with E-state index in [1.807, 2.05) is 0 Å². The summed E-state index contributed by atoms with van der Waals surface area (Å²) in [5.41, 5.74) is 0. The van der Waals surface area contributed by atoms with Gasteiger partial charge in [0.05, 0.1) is 0 Å². The van der Waals surface area contributed by atoms with Crippen LogP contribution in [0, 0.1) is 0 Å². The van der Waals surface area contributed by atoms with Crippen LogP contribution in [0.1, 0.15) is 0 Å². The van der Waals surface area contributed by atoms with E-state index in [0.29, 0.717) is 0 Å². The van der Waals surface area contributed by atoms with E-state index in [1.165, 1.54) is 0 Å². The van der Waals surface area contributed by atoms with Gasteiger partial charge in [-0.2, -0.15) is 0 Å². The molecule has 0 aliphatic carbocycles. The predicted molar refractivity (Wildman–Crippen MR) is 169 cm³/mol. The van der Waals surface area contributed by atoms with Crippen molar-refractivity contribution in [3.05, 3.63) is 0 Å². The average Bonchev–Trinajstić information content (AvgIpc) is 2.33. The van der Waals surface area contributed by atoms with Gasteiger partial charge in [-0.15, -0.1) is 0 Å². The molecule has 0 amide bonds. The average molecular weight is 653 g/mol. The van der Waals surface area contributed by atoms with Gasteiger partial charge in [0.1, 0.15) is 9.76 Å². The van der Waals surface area contributed by atoms with Gasteiger partial charge in [0.15, 0.2) is 8.32 Å². The van der Waals surface area contributed by atoms with E-state index < -0.39 is 78.0 Å². The summed E-state index contributed by atoms with van der Waals surface area (Å²) in [6.45, 7) is 37.9. The van der Waals surface area contributed by atoms with Crippen LogP contribution >= 0.6 is 0 Å². The molecule has 17 heteroatoms. The molecule has 0 heterocycles. The minimum absolute atomic E-state index is 0.532. The van der Waals surface area contributed by atoms with E-state index in [9.17, 15) is 0 Å². The Labute approximate surface area is 227 Å². The molecule has 0 aromatic carbocycles. The van der Waals surface area contributed by atoms with Gasteiger partial charge >= 0.3 is 59.9 Å². The van der Waals surface area contributed by atoms with Crippen molar-refractivity contribution in [3.8, 4) is 0 Å². The summed E-state index contributed by atoms with van der Waals surface area (Å²) in [6.07, 6.45) is 0. The van der Waals surface area contributed by atoms with Gasteiger partial charge in [-0.05, 0) is 111 Å². The SMILES string of the molecule is C[SiH2]O[Si](C)(C)O[Si](C)(C)O[Si](C)(C)O[Si](C)(C)O[Si](C)(C)O[Si](C)(C)O[Si](C)(C)O[Si](C)(C)C. The van der Waals surface area contributed by atoms with Gasteiger partial charge in [0.2, 0.25) is 0 Å². The molecule has 0 unspecified atom stereocenters. The van der Waals surface area contributed by atoms with Crippen molar-refractivity contribution in [3.63, 3.8) is 0 Å². The van der Waals surface area contributed by atoms with Crippen LogP contribution < -0.4 is 0 Å². The molecule has 0 aliphatic heterocycles. The zero-order chi connectivity index (χ0) is 28.4. The minimum Gasteiger partial charge on any atom is -0.442 e. The quantitative estimate of drug-likeness (QED) is 0.188. The smallest absolute Gasteiger partial charge is 0.314 e. The second-order valence-electron chi connectivity index (χ2n) is 13.1. The first kappa shape index (κ1) is 36.6. The molecule has 0 rings (SSSR count). The lowest BCUT2D eigenvalue weighted by atomic mass is 11.8. The van der Waals surface area contributed by atoms with Crippen molar-refractivity contribution in [1.29, 1.82) is 0 Å². The predicted octanol–water partition coefficient (Wildman–Crippen LogP) is 6.00. The summed E-state index contributed by atoms with van der Waals surface area (Å²) in [4.78, 5) is 0. The van der Waals surface area contributed by atoms with Crippen LogP contribution in [0.25, 0.3) is 0 Å². The first-order valence-electron chi connectivity index (χ1n) is 12.6. The number of hydrogen-bond donors (Lipinski definition) is 0. The molecule has 0 aromatic rings. The van der Waals surface area contributed by atoms with Crippen LogP contribution in [0.3, 0.4) is 0 Å². The molecule has 0 saturated heterocycles. The second kappa shape index (κ2) is 12.4. The second-order valence-corrected chi connectivity index (χ2v) is 44.3. The third-order valence-corrected chi connectivity index (χ3v) is 35.9. The summed E-state index contributed by atoms with van der Waals surface area (Å²) in [6, 6.07) is 0. The van der Waals surface area contributed by atoms with Crippen molar-refractivity contribution in [2.45, 2.75) is 118 Å². The Morgan fingerprint density at radius 2 is 0.514 bits per heavy atom. The third-order valence-electron chi connectivity index (χ3n) is 3.99. The molecule has 0 spiro atoms. The van der Waals surface area contributed by atoms with E-state index in [4.69, 9.17) is 32.9 Å². The first-order chi connectivity index (χ1) is 15.0. The lowest BCUT2D eigenvalue weighted by molar-refractivity contribution is 0.261. The molecule has 0 aromatic heterocycles. The van der Waals surface area contributed by atoms with Gasteiger partial charge in [-0.25, -0.2) is 0 Å². The van der Waals surface area contributed by atoms with Crippen LogP contribution in [0.15, 0.2) is 0 Å². The lowest BCUT2D eigenvalue weighted by Crippen LogP contribution is -2.61. The zero-order valence-electron chi connectivity index (χ0n) is 26.0. The third kappa shape index (κ3) is 17.8. The first-order valence-corrected chi connectivity index (χ1v) is 37.7. The normalized spacial score (nSPS) is 15.9. The van der Waals surface area contributed by atoms with Crippen molar-refractivity contribution < 1.29 is 32.9 Å². The summed E-state index contributed by atoms with van der Waals surface area (Å²) < 4.78 is 51.9. The van der Waals surface area contributed by atoms with Crippen LogP contribution in [-0.4, -0.2) is 78.0 Å². The van der Waals surface area contributed by atoms with E-state index in [0.717, 1.165) is 0 Å². The maximum atomic E-state index is 6.66.